The summed E-state index contributed by atoms with van der Waals surface area (Å²) in [5.41, 5.74) is 0.130. The zero-order valence-corrected chi connectivity index (χ0v) is 19.9. The Morgan fingerprint density at radius 3 is 2.38 bits per heavy atom. The van der Waals surface area contributed by atoms with E-state index in [1.165, 1.54) is 0 Å². The molecule has 2 heterocycles. The second-order valence-electron chi connectivity index (χ2n) is 7.71. The highest BCUT2D eigenvalue weighted by molar-refractivity contribution is 5.94. The van der Waals surface area contributed by atoms with Gasteiger partial charge in [-0.15, -0.1) is 24.8 Å². The first kappa shape index (κ1) is 30.1. The van der Waals surface area contributed by atoms with Crippen molar-refractivity contribution in [3.05, 3.63) is 65.5 Å². The lowest BCUT2D eigenvalue weighted by molar-refractivity contribution is -0.137. The van der Waals surface area contributed by atoms with Gasteiger partial charge in [0.15, 0.2) is 0 Å². The van der Waals surface area contributed by atoms with E-state index in [4.69, 9.17) is 4.74 Å². The van der Waals surface area contributed by atoms with Gasteiger partial charge in [0, 0.05) is 37.0 Å². The van der Waals surface area contributed by atoms with E-state index in [2.05, 4.69) is 10.3 Å². The van der Waals surface area contributed by atoms with Gasteiger partial charge in [-0.2, -0.15) is 13.2 Å². The first-order chi connectivity index (χ1) is 15.2. The van der Waals surface area contributed by atoms with Gasteiger partial charge in [-0.3, -0.25) is 14.7 Å². The Balaban J connectivity index is 0.00000289. The molecule has 0 aliphatic carbocycles. The molecule has 1 fully saturated rings. The molecule has 3 rings (SSSR count). The first-order valence-corrected chi connectivity index (χ1v) is 10.2. The third-order valence-corrected chi connectivity index (χ3v) is 5.54. The van der Waals surface area contributed by atoms with E-state index in [0.29, 0.717) is 13.0 Å². The Bertz CT molecular complexity index is 891. The lowest BCUT2D eigenvalue weighted by Crippen LogP contribution is -2.50. The van der Waals surface area contributed by atoms with Gasteiger partial charge in [-0.05, 0) is 43.4 Å². The number of nitrogens with zero attached hydrogens (tertiary/aromatic N) is 2. The highest BCUT2D eigenvalue weighted by Crippen LogP contribution is 2.29. The number of pyridine rings is 1. The standard InChI is InChI=1S/C22H26F3N3O4.2ClH/c1-28(11-9-16-4-2-3-10-26-16)19-17(32-18(13-29)20(19)30)12-27-21(31)14-5-7-15(8-6-14)22(23,24)25;;/h2-8,10,17-20,29-30H,9,11-13H2,1H3,(H,27,31);2*1H/t17-,18+,19+,20-;;/m1../s1. The lowest BCUT2D eigenvalue weighted by Gasteiger charge is -2.30. The van der Waals surface area contributed by atoms with Crippen LogP contribution in [0.2, 0.25) is 0 Å². The van der Waals surface area contributed by atoms with Crippen molar-refractivity contribution < 1.29 is 32.9 Å². The number of likely N-dealkylation sites (N-methyl/N-ethyl adjacent to an activating group) is 1. The number of halogens is 5. The number of aliphatic hydroxyl groups excluding tert-OH is 2. The number of aliphatic hydroxyl groups is 2. The summed E-state index contributed by atoms with van der Waals surface area (Å²) >= 11 is 0. The van der Waals surface area contributed by atoms with Crippen molar-refractivity contribution in [3.8, 4) is 0 Å². The monoisotopic (exact) mass is 525 g/mol. The van der Waals surface area contributed by atoms with Gasteiger partial charge in [0.25, 0.3) is 5.91 Å². The van der Waals surface area contributed by atoms with Crippen molar-refractivity contribution in [1.82, 2.24) is 15.2 Å². The number of rotatable bonds is 8. The molecular weight excluding hydrogens is 498 g/mol. The summed E-state index contributed by atoms with van der Waals surface area (Å²) in [6.07, 6.45) is -4.53. The highest BCUT2D eigenvalue weighted by Gasteiger charge is 2.45. The van der Waals surface area contributed by atoms with E-state index in [0.717, 1.165) is 30.0 Å². The SMILES string of the molecule is CN(CCc1ccccn1)[C@@H]1[C@H](O)[C@H](CO)O[C@@H]1CNC(=O)c1ccc(C(F)(F)F)cc1.Cl.Cl. The van der Waals surface area contributed by atoms with E-state index in [-0.39, 0.29) is 43.5 Å². The Hall–Kier alpha value is -1.95. The predicted molar refractivity (Wildman–Crippen MR) is 124 cm³/mol. The minimum absolute atomic E-state index is 0. The first-order valence-electron chi connectivity index (χ1n) is 10.2. The lowest BCUT2D eigenvalue weighted by atomic mass is 10.0. The second kappa shape index (κ2) is 13.2. The Morgan fingerprint density at radius 2 is 1.82 bits per heavy atom. The summed E-state index contributed by atoms with van der Waals surface area (Å²) in [4.78, 5) is 18.6. The minimum atomic E-state index is -4.48. The van der Waals surface area contributed by atoms with Crippen molar-refractivity contribution >= 4 is 30.7 Å². The smallest absolute Gasteiger partial charge is 0.394 e. The van der Waals surface area contributed by atoms with Gasteiger partial charge in [-0.25, -0.2) is 0 Å². The molecule has 2 aromatic rings. The molecule has 0 spiro atoms. The van der Waals surface area contributed by atoms with Crippen LogP contribution in [0.15, 0.2) is 48.7 Å². The van der Waals surface area contributed by atoms with Crippen LogP contribution in [-0.2, 0) is 17.3 Å². The molecule has 1 aliphatic rings. The average molecular weight is 526 g/mol. The number of benzene rings is 1. The van der Waals surface area contributed by atoms with Gasteiger partial charge < -0.3 is 20.3 Å². The molecule has 0 saturated carbocycles. The van der Waals surface area contributed by atoms with Crippen LogP contribution in [-0.4, -0.2) is 77.1 Å². The van der Waals surface area contributed by atoms with E-state index in [1.807, 2.05) is 30.1 Å². The summed E-state index contributed by atoms with van der Waals surface area (Å²) in [6, 6.07) is 9.02. The maximum atomic E-state index is 12.7. The van der Waals surface area contributed by atoms with Crippen LogP contribution in [0.25, 0.3) is 0 Å². The number of alkyl halides is 3. The van der Waals surface area contributed by atoms with Crippen molar-refractivity contribution in [3.63, 3.8) is 0 Å². The van der Waals surface area contributed by atoms with E-state index < -0.39 is 42.0 Å². The molecule has 4 atom stereocenters. The Kier molecular flexibility index (Phi) is 11.7. The number of ether oxygens (including phenoxy) is 1. The molecule has 34 heavy (non-hydrogen) atoms. The molecule has 0 bridgehead atoms. The second-order valence-corrected chi connectivity index (χ2v) is 7.71. The number of carbonyl (C=O) groups excluding carboxylic acids is 1. The maximum absolute atomic E-state index is 12.7. The van der Waals surface area contributed by atoms with Crippen molar-refractivity contribution in [2.75, 3.05) is 26.7 Å². The fourth-order valence-electron chi connectivity index (χ4n) is 3.78. The normalized spacial score (nSPS) is 22.1. The maximum Gasteiger partial charge on any atom is 0.416 e. The largest absolute Gasteiger partial charge is 0.416 e. The van der Waals surface area contributed by atoms with E-state index in [9.17, 15) is 28.2 Å². The molecule has 1 aromatic carbocycles. The molecule has 0 unspecified atom stereocenters. The minimum Gasteiger partial charge on any atom is -0.394 e. The topological polar surface area (TPSA) is 94.9 Å². The molecule has 3 N–H and O–H groups in total. The van der Waals surface area contributed by atoms with Crippen molar-refractivity contribution in [2.24, 2.45) is 0 Å². The zero-order valence-electron chi connectivity index (χ0n) is 18.3. The number of hydrogen-bond acceptors (Lipinski definition) is 6. The summed E-state index contributed by atoms with van der Waals surface area (Å²) in [5, 5.41) is 22.8. The van der Waals surface area contributed by atoms with Crippen molar-refractivity contribution in [1.29, 1.82) is 0 Å². The number of hydrogen-bond donors (Lipinski definition) is 3. The van der Waals surface area contributed by atoms with Crippen LogP contribution < -0.4 is 5.32 Å². The zero-order chi connectivity index (χ0) is 23.3. The van der Waals surface area contributed by atoms with Crippen molar-refractivity contribution in [2.45, 2.75) is 37.0 Å². The summed E-state index contributed by atoms with van der Waals surface area (Å²) in [6.45, 7) is 0.199. The van der Waals surface area contributed by atoms with Gasteiger partial charge in [0.2, 0.25) is 0 Å². The van der Waals surface area contributed by atoms with Gasteiger partial charge in [0.1, 0.15) is 12.2 Å². The molecule has 7 nitrogen and oxygen atoms in total. The van der Waals surface area contributed by atoms with Gasteiger partial charge in [-0.1, -0.05) is 6.07 Å². The molecule has 1 aromatic heterocycles. The van der Waals surface area contributed by atoms with Crippen LogP contribution in [0.3, 0.4) is 0 Å². The highest BCUT2D eigenvalue weighted by atomic mass is 35.5. The van der Waals surface area contributed by atoms with Crippen LogP contribution in [0, 0.1) is 0 Å². The summed E-state index contributed by atoms with van der Waals surface area (Å²) < 4.78 is 43.8. The Morgan fingerprint density at radius 1 is 1.15 bits per heavy atom. The fourth-order valence-corrected chi connectivity index (χ4v) is 3.78. The molecule has 1 saturated heterocycles. The summed E-state index contributed by atoms with van der Waals surface area (Å²) in [7, 11) is 1.81. The van der Waals surface area contributed by atoms with Crippen LogP contribution in [0.4, 0.5) is 13.2 Å². The molecule has 1 amide bonds. The molecular formula is C22H28Cl2F3N3O4. The molecule has 190 valence electrons. The quantitative estimate of drug-likeness (QED) is 0.489. The third kappa shape index (κ3) is 7.53. The molecule has 1 aliphatic heterocycles. The fraction of sp³-hybridized carbons (Fsp3) is 0.455. The average Bonchev–Trinajstić information content (AvgIpc) is 3.11. The molecule has 0 radical (unpaired) electrons. The Labute approximate surface area is 208 Å². The number of amides is 1. The molecule has 12 heteroatoms. The summed E-state index contributed by atoms with van der Waals surface area (Å²) in [5.74, 6) is -0.556. The third-order valence-electron chi connectivity index (χ3n) is 5.54. The number of nitrogens with one attached hydrogen (secondary N) is 1. The van der Waals surface area contributed by atoms with Crippen LogP contribution in [0.5, 0.6) is 0 Å². The van der Waals surface area contributed by atoms with Gasteiger partial charge >= 0.3 is 6.18 Å². The van der Waals surface area contributed by atoms with Gasteiger partial charge in [0.05, 0.1) is 24.3 Å². The van der Waals surface area contributed by atoms with Crippen LogP contribution >= 0.6 is 24.8 Å². The number of aromatic nitrogens is 1. The predicted octanol–water partition coefficient (Wildman–Crippen LogP) is 2.34. The van der Waals surface area contributed by atoms with Crippen LogP contribution in [0.1, 0.15) is 21.6 Å². The van der Waals surface area contributed by atoms with E-state index >= 15 is 0 Å². The van der Waals surface area contributed by atoms with E-state index in [1.54, 1.807) is 6.20 Å². The number of carbonyl (C=O) groups is 1.